The fourth-order valence-corrected chi connectivity index (χ4v) is 1.32. The van der Waals surface area contributed by atoms with Gasteiger partial charge in [-0.05, 0) is 12.1 Å². The summed E-state index contributed by atoms with van der Waals surface area (Å²) >= 11 is 0. The molecule has 0 aliphatic carbocycles. The average molecular weight is 273 g/mol. The second kappa shape index (κ2) is 9.55. The van der Waals surface area contributed by atoms with Crippen LogP contribution in [0, 0.1) is 5.82 Å². The van der Waals surface area contributed by atoms with Crippen LogP contribution in [0.3, 0.4) is 0 Å². The quantitative estimate of drug-likeness (QED) is 0.516. The molecule has 0 fully saturated rings. The normalized spacial score (nSPS) is 10.6. The third-order valence-corrected chi connectivity index (χ3v) is 2.30. The fourth-order valence-electron chi connectivity index (χ4n) is 1.32. The van der Waals surface area contributed by atoms with Crippen LogP contribution in [0.25, 0.3) is 0 Å². The van der Waals surface area contributed by atoms with Crippen molar-refractivity contribution >= 4 is 5.69 Å². The molecule has 0 aliphatic heterocycles. The number of methoxy groups -OCH3 is 1. The predicted molar refractivity (Wildman–Crippen MR) is 69.8 cm³/mol. The van der Waals surface area contributed by atoms with Crippen molar-refractivity contribution in [3.05, 3.63) is 24.0 Å². The summed E-state index contributed by atoms with van der Waals surface area (Å²) in [4.78, 5) is 0. The van der Waals surface area contributed by atoms with E-state index < -0.39 is 5.82 Å². The highest BCUT2D eigenvalue weighted by atomic mass is 19.1. The summed E-state index contributed by atoms with van der Waals surface area (Å²) in [7, 11) is 1.62. The molecule has 0 heterocycles. The average Bonchev–Trinajstić information content (AvgIpc) is 2.41. The van der Waals surface area contributed by atoms with Crippen LogP contribution in [0.1, 0.15) is 0 Å². The van der Waals surface area contributed by atoms with Crippen molar-refractivity contribution in [2.24, 2.45) is 0 Å². The molecule has 0 radical (unpaired) electrons. The van der Waals surface area contributed by atoms with Gasteiger partial charge in [-0.3, -0.25) is 0 Å². The molecule has 108 valence electrons. The van der Waals surface area contributed by atoms with E-state index in [1.165, 1.54) is 6.07 Å². The predicted octanol–water partition coefficient (Wildman–Crippen LogP) is 1.47. The molecular formula is C13H20FNO4. The van der Waals surface area contributed by atoms with E-state index in [0.717, 1.165) is 0 Å². The van der Waals surface area contributed by atoms with Crippen molar-refractivity contribution in [1.82, 2.24) is 0 Å². The van der Waals surface area contributed by atoms with Gasteiger partial charge in [0.25, 0.3) is 0 Å². The number of ether oxygens (including phenoxy) is 4. The van der Waals surface area contributed by atoms with Gasteiger partial charge in [-0.25, -0.2) is 4.39 Å². The summed E-state index contributed by atoms with van der Waals surface area (Å²) in [6.45, 7) is 2.81. The Labute approximate surface area is 112 Å². The van der Waals surface area contributed by atoms with Crippen LogP contribution >= 0.6 is 0 Å². The Kier molecular flexibility index (Phi) is 7.88. The number of nitrogens with two attached hydrogens (primary N) is 1. The van der Waals surface area contributed by atoms with E-state index in [0.29, 0.717) is 45.4 Å². The monoisotopic (exact) mass is 273 g/mol. The van der Waals surface area contributed by atoms with Crippen molar-refractivity contribution in [1.29, 1.82) is 0 Å². The largest absolute Gasteiger partial charge is 0.489 e. The number of rotatable bonds is 10. The molecule has 1 aromatic carbocycles. The van der Waals surface area contributed by atoms with Gasteiger partial charge in [0.1, 0.15) is 23.9 Å². The first-order valence-corrected chi connectivity index (χ1v) is 6.07. The maximum Gasteiger partial charge on any atom is 0.149 e. The molecule has 0 atom stereocenters. The van der Waals surface area contributed by atoms with E-state index in [9.17, 15) is 4.39 Å². The van der Waals surface area contributed by atoms with E-state index in [4.69, 9.17) is 24.7 Å². The van der Waals surface area contributed by atoms with E-state index in [1.807, 2.05) is 0 Å². The number of benzene rings is 1. The molecule has 0 unspecified atom stereocenters. The van der Waals surface area contributed by atoms with Crippen LogP contribution in [0.2, 0.25) is 0 Å². The van der Waals surface area contributed by atoms with E-state index in [2.05, 4.69) is 0 Å². The number of anilines is 1. The molecule has 19 heavy (non-hydrogen) atoms. The summed E-state index contributed by atoms with van der Waals surface area (Å²) in [6.07, 6.45) is 0. The number of para-hydroxylation sites is 1. The van der Waals surface area contributed by atoms with Crippen LogP contribution in [0.5, 0.6) is 5.75 Å². The molecule has 2 N–H and O–H groups in total. The van der Waals surface area contributed by atoms with Gasteiger partial charge in [0.2, 0.25) is 0 Å². The minimum atomic E-state index is -0.482. The summed E-state index contributed by atoms with van der Waals surface area (Å²) in [5.41, 5.74) is 5.54. The lowest BCUT2D eigenvalue weighted by molar-refractivity contribution is 0.0180. The molecule has 0 saturated heterocycles. The number of hydrogen-bond acceptors (Lipinski definition) is 5. The van der Waals surface area contributed by atoms with E-state index >= 15 is 0 Å². The van der Waals surface area contributed by atoms with Gasteiger partial charge in [0, 0.05) is 7.11 Å². The summed E-state index contributed by atoms with van der Waals surface area (Å²) in [5.74, 6) is -0.148. The zero-order valence-electron chi connectivity index (χ0n) is 11.1. The Bertz CT molecular complexity index is 362. The Morgan fingerprint density at radius 1 is 1.00 bits per heavy atom. The second-order valence-electron chi connectivity index (χ2n) is 3.72. The maximum atomic E-state index is 13.1. The van der Waals surface area contributed by atoms with Gasteiger partial charge in [0.05, 0.1) is 33.0 Å². The maximum absolute atomic E-state index is 13.1. The van der Waals surface area contributed by atoms with Gasteiger partial charge in [0.15, 0.2) is 0 Å². The molecule has 0 amide bonds. The summed E-state index contributed by atoms with van der Waals surface area (Å²) in [5, 5.41) is 0. The SMILES string of the molecule is COCCOCCOCCOc1cccc(F)c1N. The molecular weight excluding hydrogens is 253 g/mol. The van der Waals surface area contributed by atoms with Gasteiger partial charge >= 0.3 is 0 Å². The Morgan fingerprint density at radius 2 is 1.63 bits per heavy atom. The lowest BCUT2D eigenvalue weighted by Crippen LogP contribution is -2.12. The number of nitrogen functional groups attached to an aromatic ring is 1. The van der Waals surface area contributed by atoms with Crippen LogP contribution in [-0.2, 0) is 14.2 Å². The van der Waals surface area contributed by atoms with E-state index in [1.54, 1.807) is 19.2 Å². The van der Waals surface area contributed by atoms with Crippen LogP contribution in [0.4, 0.5) is 10.1 Å². The summed E-state index contributed by atoms with van der Waals surface area (Å²) < 4.78 is 33.7. The van der Waals surface area contributed by atoms with Crippen molar-refractivity contribution in [3.8, 4) is 5.75 Å². The first kappa shape index (κ1) is 15.7. The Balaban J connectivity index is 2.03. The third-order valence-electron chi connectivity index (χ3n) is 2.30. The molecule has 1 aromatic rings. The van der Waals surface area contributed by atoms with Crippen LogP contribution in [0.15, 0.2) is 18.2 Å². The molecule has 0 saturated carbocycles. The highest BCUT2D eigenvalue weighted by Gasteiger charge is 2.04. The van der Waals surface area contributed by atoms with Gasteiger partial charge in [-0.2, -0.15) is 0 Å². The lowest BCUT2D eigenvalue weighted by atomic mass is 10.3. The van der Waals surface area contributed by atoms with Crippen molar-refractivity contribution in [2.45, 2.75) is 0 Å². The highest BCUT2D eigenvalue weighted by molar-refractivity contribution is 5.53. The van der Waals surface area contributed by atoms with Gasteiger partial charge < -0.3 is 24.7 Å². The molecule has 5 nitrogen and oxygen atoms in total. The molecule has 6 heteroatoms. The zero-order chi connectivity index (χ0) is 13.9. The molecule has 1 rings (SSSR count). The Hall–Kier alpha value is -1.37. The smallest absolute Gasteiger partial charge is 0.149 e. The third kappa shape index (κ3) is 6.37. The lowest BCUT2D eigenvalue weighted by Gasteiger charge is -2.09. The number of hydrogen-bond donors (Lipinski definition) is 1. The minimum absolute atomic E-state index is 0.0189. The van der Waals surface area contributed by atoms with Gasteiger partial charge in [-0.15, -0.1) is 0 Å². The highest BCUT2D eigenvalue weighted by Crippen LogP contribution is 2.23. The second-order valence-corrected chi connectivity index (χ2v) is 3.72. The molecule has 0 bridgehead atoms. The molecule has 0 aliphatic rings. The first-order valence-electron chi connectivity index (χ1n) is 6.07. The van der Waals surface area contributed by atoms with Crippen molar-refractivity contribution in [2.75, 3.05) is 52.5 Å². The van der Waals surface area contributed by atoms with Crippen LogP contribution in [-0.4, -0.2) is 46.8 Å². The Morgan fingerprint density at radius 3 is 2.32 bits per heavy atom. The van der Waals surface area contributed by atoms with Crippen molar-refractivity contribution in [3.63, 3.8) is 0 Å². The fraction of sp³-hybridized carbons (Fsp3) is 0.538. The first-order chi connectivity index (χ1) is 9.25. The molecule has 0 spiro atoms. The standard InChI is InChI=1S/C13H20FNO4/c1-16-5-6-17-7-8-18-9-10-19-12-4-2-3-11(14)13(12)15/h2-4H,5-10,15H2,1H3. The minimum Gasteiger partial charge on any atom is -0.489 e. The van der Waals surface area contributed by atoms with Crippen molar-refractivity contribution < 1.29 is 23.3 Å². The topological polar surface area (TPSA) is 62.9 Å². The van der Waals surface area contributed by atoms with Crippen LogP contribution < -0.4 is 10.5 Å². The number of halogens is 1. The van der Waals surface area contributed by atoms with Gasteiger partial charge in [-0.1, -0.05) is 6.07 Å². The molecule has 0 aromatic heterocycles. The van der Waals surface area contributed by atoms with E-state index in [-0.39, 0.29) is 5.69 Å². The zero-order valence-corrected chi connectivity index (χ0v) is 11.1. The summed E-state index contributed by atoms with van der Waals surface area (Å²) in [6, 6.07) is 4.45.